The van der Waals surface area contributed by atoms with Crippen molar-refractivity contribution in [2.45, 2.75) is 6.92 Å². The van der Waals surface area contributed by atoms with Crippen LogP contribution >= 0.6 is 0 Å². The number of H-pyrrole nitrogens is 1. The highest BCUT2D eigenvalue weighted by Crippen LogP contribution is 2.12. The van der Waals surface area contributed by atoms with Gasteiger partial charge in [-0.3, -0.25) is 0 Å². The van der Waals surface area contributed by atoms with Gasteiger partial charge >= 0.3 is 5.97 Å². The molecule has 0 aliphatic heterocycles. The van der Waals surface area contributed by atoms with E-state index in [4.69, 9.17) is 10.6 Å². The van der Waals surface area contributed by atoms with Gasteiger partial charge in [-0.25, -0.2) is 10.6 Å². The smallest absolute Gasteiger partial charge is 0.341 e. The van der Waals surface area contributed by atoms with Crippen LogP contribution < -0.4 is 11.3 Å². The van der Waals surface area contributed by atoms with Crippen molar-refractivity contribution < 1.29 is 9.53 Å². The average molecular weight is 169 g/mol. The molecule has 1 heterocycles. The maximum atomic E-state index is 11.1. The van der Waals surface area contributed by atoms with Crippen molar-refractivity contribution in [1.82, 2.24) is 4.98 Å². The normalized spacial score (nSPS) is 9.50. The summed E-state index contributed by atoms with van der Waals surface area (Å²) in [6.45, 7) is 2.11. The molecule has 0 unspecified atom stereocenters. The molecule has 0 radical (unpaired) electrons. The zero-order valence-electron chi connectivity index (χ0n) is 6.76. The lowest BCUT2D eigenvalue weighted by molar-refractivity contribution is 0.0527. The highest BCUT2D eigenvalue weighted by atomic mass is 16.5. The second-order valence-corrected chi connectivity index (χ2v) is 2.13. The average Bonchev–Trinajstić information content (AvgIpc) is 2.51. The molecule has 0 saturated carbocycles. The topological polar surface area (TPSA) is 80.1 Å². The van der Waals surface area contributed by atoms with Gasteiger partial charge in [0.25, 0.3) is 0 Å². The predicted molar refractivity (Wildman–Crippen MR) is 44.6 cm³/mol. The van der Waals surface area contributed by atoms with Crippen LogP contribution in [0.5, 0.6) is 0 Å². The van der Waals surface area contributed by atoms with E-state index in [0.717, 1.165) is 0 Å². The maximum absolute atomic E-state index is 11.1. The van der Waals surface area contributed by atoms with Crippen LogP contribution in [-0.2, 0) is 4.74 Å². The highest BCUT2D eigenvalue weighted by Gasteiger charge is 2.11. The quantitative estimate of drug-likeness (QED) is 0.349. The van der Waals surface area contributed by atoms with Crippen LogP contribution in [0.4, 0.5) is 5.82 Å². The lowest BCUT2D eigenvalue weighted by atomic mass is 10.3. The Hall–Kier alpha value is -1.49. The molecule has 0 aliphatic rings. The van der Waals surface area contributed by atoms with E-state index < -0.39 is 0 Å². The molecule has 0 saturated heterocycles. The fourth-order valence-electron chi connectivity index (χ4n) is 0.868. The molecule has 0 spiro atoms. The Balaban J connectivity index is 2.79. The van der Waals surface area contributed by atoms with E-state index in [9.17, 15) is 4.79 Å². The van der Waals surface area contributed by atoms with Crippen molar-refractivity contribution in [1.29, 1.82) is 0 Å². The van der Waals surface area contributed by atoms with Gasteiger partial charge < -0.3 is 15.1 Å². The lowest BCUT2D eigenvalue weighted by Crippen LogP contribution is -2.12. The van der Waals surface area contributed by atoms with Gasteiger partial charge in [-0.05, 0) is 13.0 Å². The van der Waals surface area contributed by atoms with Gasteiger partial charge in [-0.15, -0.1) is 0 Å². The maximum Gasteiger partial charge on any atom is 0.341 e. The van der Waals surface area contributed by atoms with Crippen molar-refractivity contribution >= 4 is 11.8 Å². The molecule has 5 nitrogen and oxygen atoms in total. The summed E-state index contributed by atoms with van der Waals surface area (Å²) in [6.07, 6.45) is 1.61. The van der Waals surface area contributed by atoms with Crippen LogP contribution in [0.1, 0.15) is 17.3 Å². The Bertz CT molecular complexity index is 269. The van der Waals surface area contributed by atoms with Crippen LogP contribution in [0.25, 0.3) is 0 Å². The number of aromatic amines is 1. The molecule has 0 amide bonds. The SMILES string of the molecule is CCOC(=O)c1cc[nH]c1NN. The number of nitrogens with two attached hydrogens (primary N) is 1. The number of carbonyl (C=O) groups is 1. The summed E-state index contributed by atoms with van der Waals surface area (Å²) in [5.74, 6) is 5.22. The van der Waals surface area contributed by atoms with Gasteiger partial charge in [0.2, 0.25) is 0 Å². The molecule has 66 valence electrons. The zero-order valence-corrected chi connectivity index (χ0v) is 6.76. The molecular formula is C7H11N3O2. The van der Waals surface area contributed by atoms with E-state index >= 15 is 0 Å². The molecule has 0 fully saturated rings. The van der Waals surface area contributed by atoms with E-state index in [1.54, 1.807) is 19.2 Å². The highest BCUT2D eigenvalue weighted by molar-refractivity contribution is 5.94. The first-order valence-electron chi connectivity index (χ1n) is 3.60. The number of rotatable bonds is 3. The van der Waals surface area contributed by atoms with Crippen molar-refractivity contribution in [2.24, 2.45) is 5.84 Å². The molecule has 0 aliphatic carbocycles. The fraction of sp³-hybridized carbons (Fsp3) is 0.286. The standard InChI is InChI=1S/C7H11N3O2/c1-2-12-7(11)5-3-4-9-6(5)10-8/h3-4,9-10H,2,8H2,1H3. The van der Waals surface area contributed by atoms with E-state index in [-0.39, 0.29) is 5.97 Å². The van der Waals surface area contributed by atoms with Gasteiger partial charge in [0.05, 0.1) is 6.61 Å². The van der Waals surface area contributed by atoms with Crippen LogP contribution in [-0.4, -0.2) is 17.6 Å². The number of nitrogens with one attached hydrogen (secondary N) is 2. The third kappa shape index (κ3) is 1.57. The van der Waals surface area contributed by atoms with Gasteiger partial charge in [0.1, 0.15) is 11.4 Å². The van der Waals surface area contributed by atoms with Crippen LogP contribution in [0.3, 0.4) is 0 Å². The molecule has 1 aromatic rings. The number of ether oxygens (including phenoxy) is 1. The van der Waals surface area contributed by atoms with Gasteiger partial charge in [-0.2, -0.15) is 0 Å². The number of carbonyl (C=O) groups excluding carboxylic acids is 1. The molecule has 12 heavy (non-hydrogen) atoms. The van der Waals surface area contributed by atoms with Crippen LogP contribution in [0.15, 0.2) is 12.3 Å². The number of anilines is 1. The molecular weight excluding hydrogens is 158 g/mol. The second-order valence-electron chi connectivity index (χ2n) is 2.13. The first kappa shape index (κ1) is 8.61. The van der Waals surface area contributed by atoms with E-state index in [1.807, 2.05) is 0 Å². The summed E-state index contributed by atoms with van der Waals surface area (Å²) in [4.78, 5) is 13.9. The summed E-state index contributed by atoms with van der Waals surface area (Å²) < 4.78 is 4.77. The molecule has 1 rings (SSSR count). The third-order valence-corrected chi connectivity index (χ3v) is 1.39. The monoisotopic (exact) mass is 169 g/mol. The van der Waals surface area contributed by atoms with Crippen molar-refractivity contribution in [3.8, 4) is 0 Å². The van der Waals surface area contributed by atoms with Crippen molar-refractivity contribution in [2.75, 3.05) is 12.0 Å². The first-order valence-corrected chi connectivity index (χ1v) is 3.60. The van der Waals surface area contributed by atoms with E-state index in [1.165, 1.54) is 0 Å². The van der Waals surface area contributed by atoms with Crippen LogP contribution in [0, 0.1) is 0 Å². The third-order valence-electron chi connectivity index (χ3n) is 1.39. The Morgan fingerprint density at radius 2 is 2.58 bits per heavy atom. The summed E-state index contributed by atoms with van der Waals surface area (Å²) in [5.41, 5.74) is 2.77. The second kappa shape index (κ2) is 3.77. The van der Waals surface area contributed by atoms with Crippen molar-refractivity contribution in [3.05, 3.63) is 17.8 Å². The molecule has 5 heteroatoms. The number of aromatic nitrogens is 1. The molecule has 0 aromatic carbocycles. The Morgan fingerprint density at radius 1 is 1.83 bits per heavy atom. The zero-order chi connectivity index (χ0) is 8.97. The Morgan fingerprint density at radius 3 is 3.17 bits per heavy atom. The largest absolute Gasteiger partial charge is 0.462 e. The minimum atomic E-state index is -0.383. The van der Waals surface area contributed by atoms with E-state index in [0.29, 0.717) is 18.0 Å². The lowest BCUT2D eigenvalue weighted by Gasteiger charge is -2.01. The van der Waals surface area contributed by atoms with Crippen molar-refractivity contribution in [3.63, 3.8) is 0 Å². The van der Waals surface area contributed by atoms with Gasteiger partial charge in [-0.1, -0.05) is 0 Å². The number of hydrogen-bond donors (Lipinski definition) is 3. The Labute approximate surface area is 69.9 Å². The van der Waals surface area contributed by atoms with Gasteiger partial charge in [0.15, 0.2) is 0 Å². The minimum absolute atomic E-state index is 0.355. The van der Waals surface area contributed by atoms with Crippen LogP contribution in [0.2, 0.25) is 0 Å². The number of hydrazine groups is 1. The summed E-state index contributed by atoms with van der Waals surface area (Å²) in [7, 11) is 0. The Kier molecular flexibility index (Phi) is 2.71. The van der Waals surface area contributed by atoms with Gasteiger partial charge in [0, 0.05) is 6.20 Å². The predicted octanol–water partition coefficient (Wildman–Crippen LogP) is 0.477. The molecule has 0 bridgehead atoms. The first-order chi connectivity index (χ1) is 5.79. The molecule has 0 atom stereocenters. The fourth-order valence-corrected chi connectivity index (χ4v) is 0.868. The number of esters is 1. The number of hydrogen-bond acceptors (Lipinski definition) is 4. The summed E-state index contributed by atoms with van der Waals surface area (Å²) >= 11 is 0. The summed E-state index contributed by atoms with van der Waals surface area (Å²) in [6, 6.07) is 1.60. The molecule has 1 aromatic heterocycles. The number of nitrogen functional groups attached to an aromatic ring is 1. The minimum Gasteiger partial charge on any atom is -0.462 e. The molecule has 4 N–H and O–H groups in total. The van der Waals surface area contributed by atoms with E-state index in [2.05, 4.69) is 10.4 Å². The summed E-state index contributed by atoms with van der Waals surface area (Å²) in [5, 5.41) is 0.